The minimum atomic E-state index is -1.49. The van der Waals surface area contributed by atoms with Crippen LogP contribution in [0.15, 0.2) is 53.3 Å². The van der Waals surface area contributed by atoms with Gasteiger partial charge in [0.1, 0.15) is 5.60 Å². The lowest BCUT2D eigenvalue weighted by Gasteiger charge is -2.25. The molecule has 0 aliphatic carbocycles. The lowest BCUT2D eigenvalue weighted by Crippen LogP contribution is -2.37. The van der Waals surface area contributed by atoms with Crippen LogP contribution in [0.25, 0.3) is 11.0 Å². The second-order valence-corrected chi connectivity index (χ2v) is 7.43. The fourth-order valence-corrected chi connectivity index (χ4v) is 3.11. The van der Waals surface area contributed by atoms with Crippen LogP contribution in [-0.2, 0) is 9.53 Å². The molecular weight excluding hydrogens is 374 g/mol. The van der Waals surface area contributed by atoms with Gasteiger partial charge in [-0.1, -0.05) is 30.3 Å². The molecule has 1 atom stereocenters. The molecule has 8 nitrogen and oxygen atoms in total. The molecular formula is C21H19N3O5. The summed E-state index contributed by atoms with van der Waals surface area (Å²) in [6.45, 7) is 5.10. The third-order valence-corrected chi connectivity index (χ3v) is 4.20. The highest BCUT2D eigenvalue weighted by Crippen LogP contribution is 2.26. The number of carbonyl (C=O) groups excluding carboxylic acids is 1. The highest BCUT2D eigenvalue weighted by molar-refractivity contribution is 5.89. The highest BCUT2D eigenvalue weighted by atomic mass is 16.6. The standard InChI is InChI=1S/C21H19N3O5/c1-21(2,3)29-18(25)17(14-7-5-4-6-8-14)23-16-11-13(12-22)9-10-15(16)24(19(23)26)20(27)28/h4-11,17H,1-3H3,(H,27,28). The number of nitriles is 1. The normalized spacial score (nSPS) is 12.3. The van der Waals surface area contributed by atoms with Crippen LogP contribution >= 0.6 is 0 Å². The fraction of sp³-hybridized carbons (Fsp3) is 0.238. The third-order valence-electron chi connectivity index (χ3n) is 4.20. The molecule has 0 aliphatic rings. The van der Waals surface area contributed by atoms with Crippen LogP contribution < -0.4 is 5.69 Å². The Morgan fingerprint density at radius 3 is 2.31 bits per heavy atom. The number of benzene rings is 2. The van der Waals surface area contributed by atoms with E-state index < -0.39 is 29.4 Å². The summed E-state index contributed by atoms with van der Waals surface area (Å²) < 4.78 is 7.13. The van der Waals surface area contributed by atoms with Crippen LogP contribution in [0.3, 0.4) is 0 Å². The Kier molecular flexibility index (Phi) is 4.99. The van der Waals surface area contributed by atoms with Gasteiger partial charge in [-0.3, -0.25) is 4.57 Å². The van der Waals surface area contributed by atoms with Crippen LogP contribution in [0, 0.1) is 11.3 Å². The molecule has 0 saturated carbocycles. The molecule has 8 heteroatoms. The van der Waals surface area contributed by atoms with Crippen LogP contribution in [0.4, 0.5) is 4.79 Å². The van der Waals surface area contributed by atoms with Gasteiger partial charge in [-0.05, 0) is 44.5 Å². The van der Waals surface area contributed by atoms with E-state index in [0.29, 0.717) is 10.1 Å². The van der Waals surface area contributed by atoms with Gasteiger partial charge in [0.2, 0.25) is 0 Å². The van der Waals surface area contributed by atoms with Crippen LogP contribution in [0.5, 0.6) is 0 Å². The van der Waals surface area contributed by atoms with Crippen molar-refractivity contribution in [2.24, 2.45) is 0 Å². The van der Waals surface area contributed by atoms with Gasteiger partial charge < -0.3 is 9.84 Å². The van der Waals surface area contributed by atoms with Crippen molar-refractivity contribution >= 4 is 23.1 Å². The Hall–Kier alpha value is -3.86. The second kappa shape index (κ2) is 7.28. The zero-order valence-electron chi connectivity index (χ0n) is 16.1. The minimum absolute atomic E-state index is 0.0750. The van der Waals surface area contributed by atoms with Gasteiger partial charge in [0.25, 0.3) is 0 Å². The van der Waals surface area contributed by atoms with Crippen LogP contribution in [-0.4, -0.2) is 31.9 Å². The first kappa shape index (κ1) is 19.9. The van der Waals surface area contributed by atoms with Crippen LogP contribution in [0.1, 0.15) is 37.9 Å². The Morgan fingerprint density at radius 1 is 1.10 bits per heavy atom. The van der Waals surface area contributed by atoms with E-state index in [4.69, 9.17) is 4.74 Å². The number of aromatic nitrogens is 2. The number of ether oxygens (including phenoxy) is 1. The van der Waals surface area contributed by atoms with E-state index in [9.17, 15) is 24.8 Å². The number of carbonyl (C=O) groups is 2. The lowest BCUT2D eigenvalue weighted by atomic mass is 10.1. The number of hydrogen-bond acceptors (Lipinski definition) is 5. The molecule has 148 valence electrons. The maximum atomic E-state index is 13.1. The Morgan fingerprint density at radius 2 is 1.76 bits per heavy atom. The summed E-state index contributed by atoms with van der Waals surface area (Å²) in [6.07, 6.45) is -1.49. The van der Waals surface area contributed by atoms with E-state index in [2.05, 4.69) is 0 Å². The highest BCUT2D eigenvalue weighted by Gasteiger charge is 2.33. The zero-order chi connectivity index (χ0) is 21.3. The van der Waals surface area contributed by atoms with Gasteiger partial charge in [0.15, 0.2) is 6.04 Å². The van der Waals surface area contributed by atoms with E-state index in [1.807, 2.05) is 6.07 Å². The number of fused-ring (bicyclic) bond motifs is 1. The van der Waals surface area contributed by atoms with E-state index in [0.717, 1.165) is 4.57 Å². The first-order valence-electron chi connectivity index (χ1n) is 8.82. The maximum absolute atomic E-state index is 13.1. The SMILES string of the molecule is CC(C)(C)OC(=O)C(c1ccccc1)n1c(=O)n(C(=O)O)c2ccc(C#N)cc21. The molecule has 3 aromatic rings. The average molecular weight is 393 g/mol. The predicted molar refractivity (Wildman–Crippen MR) is 105 cm³/mol. The molecule has 3 rings (SSSR count). The van der Waals surface area contributed by atoms with E-state index >= 15 is 0 Å². The minimum Gasteiger partial charge on any atom is -0.464 e. The van der Waals surface area contributed by atoms with Gasteiger partial charge in [-0.15, -0.1) is 0 Å². The van der Waals surface area contributed by atoms with E-state index in [1.54, 1.807) is 51.1 Å². The molecule has 2 aromatic carbocycles. The van der Waals surface area contributed by atoms with Crippen molar-refractivity contribution in [3.05, 3.63) is 70.1 Å². The molecule has 1 N–H and O–H groups in total. The van der Waals surface area contributed by atoms with Crippen molar-refractivity contribution in [1.29, 1.82) is 5.26 Å². The van der Waals surface area contributed by atoms with Gasteiger partial charge in [-0.2, -0.15) is 9.83 Å². The molecule has 1 heterocycles. The Bertz CT molecular complexity index is 1190. The summed E-state index contributed by atoms with van der Waals surface area (Å²) in [5, 5.41) is 18.8. The van der Waals surface area contributed by atoms with Gasteiger partial charge in [0, 0.05) is 0 Å². The zero-order valence-corrected chi connectivity index (χ0v) is 16.1. The molecule has 0 bridgehead atoms. The number of rotatable bonds is 3. The topological polar surface area (TPSA) is 114 Å². The number of nitrogens with zero attached hydrogens (tertiary/aromatic N) is 3. The first-order valence-corrected chi connectivity index (χ1v) is 8.82. The van der Waals surface area contributed by atoms with Crippen LogP contribution in [0.2, 0.25) is 0 Å². The molecule has 29 heavy (non-hydrogen) atoms. The van der Waals surface area contributed by atoms with Crippen molar-refractivity contribution in [1.82, 2.24) is 9.13 Å². The summed E-state index contributed by atoms with van der Waals surface area (Å²) in [5.41, 5.74) is -0.832. The summed E-state index contributed by atoms with van der Waals surface area (Å²) in [6, 6.07) is 13.4. The third kappa shape index (κ3) is 3.75. The Labute approximate surface area is 166 Å². The molecule has 0 fully saturated rings. The van der Waals surface area contributed by atoms with Gasteiger partial charge in [-0.25, -0.2) is 14.4 Å². The quantitative estimate of drug-likeness (QED) is 0.684. The van der Waals surface area contributed by atoms with Gasteiger partial charge in [0.05, 0.1) is 22.7 Å². The fourth-order valence-electron chi connectivity index (χ4n) is 3.11. The molecule has 0 aliphatic heterocycles. The van der Waals surface area contributed by atoms with Crippen molar-refractivity contribution < 1.29 is 19.4 Å². The molecule has 0 spiro atoms. The molecule has 1 aromatic heterocycles. The molecule has 0 saturated heterocycles. The Balaban J connectivity index is 2.37. The van der Waals surface area contributed by atoms with Crippen molar-refractivity contribution in [3.63, 3.8) is 0 Å². The second-order valence-electron chi connectivity index (χ2n) is 7.43. The number of carboxylic acid groups (broad SMARTS) is 1. The average Bonchev–Trinajstić information content (AvgIpc) is 2.93. The lowest BCUT2D eigenvalue weighted by molar-refractivity contribution is -0.157. The van der Waals surface area contributed by atoms with Crippen molar-refractivity contribution in [2.45, 2.75) is 32.4 Å². The molecule has 0 radical (unpaired) electrons. The first-order chi connectivity index (χ1) is 13.6. The summed E-state index contributed by atoms with van der Waals surface area (Å²) in [5.74, 6) is -0.711. The van der Waals surface area contributed by atoms with Gasteiger partial charge >= 0.3 is 17.8 Å². The molecule has 0 amide bonds. The molecule has 1 unspecified atom stereocenters. The number of imidazole rings is 1. The smallest absolute Gasteiger partial charge is 0.420 e. The van der Waals surface area contributed by atoms with E-state index in [-0.39, 0.29) is 16.6 Å². The predicted octanol–water partition coefficient (Wildman–Crippen LogP) is 3.13. The summed E-state index contributed by atoms with van der Waals surface area (Å²) >= 11 is 0. The number of esters is 1. The monoisotopic (exact) mass is 393 g/mol. The maximum Gasteiger partial charge on any atom is 0.420 e. The summed E-state index contributed by atoms with van der Waals surface area (Å²) in [7, 11) is 0. The van der Waals surface area contributed by atoms with Crippen molar-refractivity contribution in [2.75, 3.05) is 0 Å². The largest absolute Gasteiger partial charge is 0.464 e. The van der Waals surface area contributed by atoms with E-state index in [1.165, 1.54) is 18.2 Å². The van der Waals surface area contributed by atoms with Crippen molar-refractivity contribution in [3.8, 4) is 6.07 Å². The summed E-state index contributed by atoms with van der Waals surface area (Å²) in [4.78, 5) is 37.9. The number of hydrogen-bond donors (Lipinski definition) is 1.